The molecule has 4 aromatic rings. The Hall–Kier alpha value is -4.88. The van der Waals surface area contributed by atoms with Crippen LogP contribution in [0.3, 0.4) is 0 Å². The second-order valence-corrected chi connectivity index (χ2v) is 10.1. The molecule has 0 N–H and O–H groups in total. The zero-order chi connectivity index (χ0) is 29.6. The third kappa shape index (κ3) is 6.21. The van der Waals surface area contributed by atoms with Crippen molar-refractivity contribution < 1.29 is 18.6 Å². The van der Waals surface area contributed by atoms with Crippen molar-refractivity contribution in [2.75, 3.05) is 50.2 Å². The van der Waals surface area contributed by atoms with E-state index < -0.39 is 0 Å². The molecule has 0 amide bonds. The van der Waals surface area contributed by atoms with Gasteiger partial charge < -0.3 is 19.3 Å². The molecule has 1 aliphatic rings. The molecular formula is C28H38N12O2+2. The number of nitrogens with zero attached hydrogens (tertiary/aromatic N) is 12. The maximum Gasteiger partial charge on any atom is 0.403 e. The van der Waals surface area contributed by atoms with Crippen LogP contribution in [0.4, 0.5) is 34.6 Å². The largest absolute Gasteiger partial charge is 0.494 e. The number of hydrogen-bond donors (Lipinski definition) is 0. The Labute approximate surface area is 245 Å². The van der Waals surface area contributed by atoms with Gasteiger partial charge >= 0.3 is 11.9 Å². The number of rotatable bonds is 8. The summed E-state index contributed by atoms with van der Waals surface area (Å²) < 4.78 is 18.3. The highest BCUT2D eigenvalue weighted by Crippen LogP contribution is 2.35. The Morgan fingerprint density at radius 2 is 1.05 bits per heavy atom. The van der Waals surface area contributed by atoms with E-state index in [-0.39, 0.29) is 0 Å². The molecule has 0 unspecified atom stereocenters. The summed E-state index contributed by atoms with van der Waals surface area (Å²) >= 11 is 0. The molecule has 0 spiro atoms. The summed E-state index contributed by atoms with van der Waals surface area (Å²) in [5.41, 5.74) is 3.57. The molecule has 0 aliphatic carbocycles. The van der Waals surface area contributed by atoms with E-state index in [1.807, 2.05) is 61.6 Å². The minimum Gasteiger partial charge on any atom is -0.494 e. The number of hydrogen-bond acceptors (Lipinski definition) is 10. The molecule has 14 nitrogen and oxygen atoms in total. The number of ether oxygens (including phenoxy) is 2. The average Bonchev–Trinajstić information content (AvgIpc) is 3.48. The van der Waals surface area contributed by atoms with Crippen LogP contribution in [-0.2, 0) is 28.2 Å². The minimum atomic E-state index is 0.643. The van der Waals surface area contributed by atoms with Gasteiger partial charge in [-0.1, -0.05) is 10.2 Å². The van der Waals surface area contributed by atoms with Crippen LogP contribution in [0, 0.1) is 0 Å². The lowest BCUT2D eigenvalue weighted by atomic mass is 10.1. The maximum absolute atomic E-state index is 5.67. The standard InChI is InChI=1S/C28H38N12O2/c1-35-19-29-37(3)27(35)33-31-23-11-9-21(17-25(23)41-5)39-13-7-15-40(16-8-14-39)22-10-12-24(26(18-22)42-6)32-34-28-36(2)20-30-38(28)4/h9-12,17-20H,7-8,13-16H2,1-6H3/q+2. The molecule has 2 aromatic heterocycles. The van der Waals surface area contributed by atoms with Crippen LogP contribution in [0.2, 0.25) is 0 Å². The van der Waals surface area contributed by atoms with E-state index in [2.05, 4.69) is 52.6 Å². The third-order valence-electron chi connectivity index (χ3n) is 7.27. The third-order valence-corrected chi connectivity index (χ3v) is 7.27. The van der Waals surface area contributed by atoms with Gasteiger partial charge in [-0.25, -0.2) is 9.13 Å². The summed E-state index contributed by atoms with van der Waals surface area (Å²) in [5, 5.41) is 25.9. The predicted octanol–water partition coefficient (Wildman–Crippen LogP) is 3.76. The summed E-state index contributed by atoms with van der Waals surface area (Å²) in [6, 6.07) is 12.2. The highest BCUT2D eigenvalue weighted by Gasteiger charge is 2.19. The number of aryl methyl sites for hydroxylation is 4. The van der Waals surface area contributed by atoms with E-state index in [0.717, 1.165) is 50.4 Å². The van der Waals surface area contributed by atoms with Gasteiger partial charge in [0.05, 0.1) is 42.4 Å². The lowest BCUT2D eigenvalue weighted by Gasteiger charge is -2.33. The van der Waals surface area contributed by atoms with E-state index in [1.165, 1.54) is 0 Å². The lowest BCUT2D eigenvalue weighted by molar-refractivity contribution is -0.659. The highest BCUT2D eigenvalue weighted by molar-refractivity contribution is 5.63. The van der Waals surface area contributed by atoms with E-state index in [4.69, 9.17) is 9.47 Å². The molecule has 3 heterocycles. The fraction of sp³-hybridized carbons (Fsp3) is 0.429. The Bertz CT molecular complexity index is 1430. The van der Waals surface area contributed by atoms with Gasteiger partial charge in [0.2, 0.25) is 12.7 Å². The van der Waals surface area contributed by atoms with Crippen molar-refractivity contribution in [3.05, 3.63) is 49.1 Å². The first kappa shape index (κ1) is 28.6. The fourth-order valence-electron chi connectivity index (χ4n) is 4.98. The van der Waals surface area contributed by atoms with Gasteiger partial charge in [0.25, 0.3) is 0 Å². The number of methoxy groups -OCH3 is 2. The quantitative estimate of drug-likeness (QED) is 0.234. The van der Waals surface area contributed by atoms with Crippen molar-refractivity contribution in [1.82, 2.24) is 19.6 Å². The average molecular weight is 575 g/mol. The van der Waals surface area contributed by atoms with Crippen molar-refractivity contribution in [3.63, 3.8) is 0 Å². The first-order chi connectivity index (χ1) is 20.4. The van der Waals surface area contributed by atoms with Gasteiger partial charge in [-0.05, 0) is 47.3 Å². The Balaban J connectivity index is 1.24. The summed E-state index contributed by atoms with van der Waals surface area (Å²) in [7, 11) is 10.8. The summed E-state index contributed by atoms with van der Waals surface area (Å²) in [6.45, 7) is 3.71. The molecule has 2 aromatic carbocycles. The lowest BCUT2D eigenvalue weighted by Crippen LogP contribution is -2.36. The van der Waals surface area contributed by atoms with Crippen LogP contribution in [0.15, 0.2) is 69.5 Å². The number of aromatic nitrogens is 6. The highest BCUT2D eigenvalue weighted by atomic mass is 16.5. The molecule has 0 radical (unpaired) electrons. The number of azo groups is 2. The van der Waals surface area contributed by atoms with Crippen LogP contribution in [0.5, 0.6) is 11.5 Å². The van der Waals surface area contributed by atoms with E-state index in [1.54, 1.807) is 36.2 Å². The SMILES string of the molecule is COc1cc(N2CCCN(c3ccc(/N=N/c4n(C)nc[n+]4C)c(OC)c3)CCC2)ccc1/N=N/c1n(C)nc[n+]1C. The summed E-state index contributed by atoms with van der Waals surface area (Å²) in [6.07, 6.45) is 5.39. The van der Waals surface area contributed by atoms with Gasteiger partial charge in [0.1, 0.15) is 22.9 Å². The van der Waals surface area contributed by atoms with E-state index >= 15 is 0 Å². The molecule has 5 rings (SSSR count). The van der Waals surface area contributed by atoms with Crippen LogP contribution in [0.1, 0.15) is 12.8 Å². The topological polar surface area (TPSA) is 118 Å². The molecule has 0 bridgehead atoms. The molecule has 0 saturated carbocycles. The molecular weight excluding hydrogens is 536 g/mol. The molecule has 1 fully saturated rings. The van der Waals surface area contributed by atoms with Crippen molar-refractivity contribution in [3.8, 4) is 11.5 Å². The second kappa shape index (κ2) is 12.7. The van der Waals surface area contributed by atoms with Crippen molar-refractivity contribution in [2.24, 2.45) is 48.6 Å². The van der Waals surface area contributed by atoms with Crippen molar-refractivity contribution >= 4 is 34.6 Å². The maximum atomic E-state index is 5.67. The Morgan fingerprint density at radius 1 is 0.643 bits per heavy atom. The van der Waals surface area contributed by atoms with E-state index in [0.29, 0.717) is 34.8 Å². The first-order valence-electron chi connectivity index (χ1n) is 13.8. The van der Waals surface area contributed by atoms with Gasteiger partial charge in [-0.15, -0.1) is 9.36 Å². The van der Waals surface area contributed by atoms with E-state index in [9.17, 15) is 0 Å². The summed E-state index contributed by atoms with van der Waals surface area (Å²) in [4.78, 5) is 4.81. The Morgan fingerprint density at radius 3 is 1.38 bits per heavy atom. The monoisotopic (exact) mass is 574 g/mol. The van der Waals surface area contributed by atoms with Gasteiger partial charge in [-0.3, -0.25) is 0 Å². The molecule has 0 atom stereocenters. The smallest absolute Gasteiger partial charge is 0.403 e. The molecule has 1 aliphatic heterocycles. The Kier molecular flexibility index (Phi) is 8.69. The van der Waals surface area contributed by atoms with Crippen LogP contribution >= 0.6 is 0 Å². The molecule has 220 valence electrons. The zero-order valence-electron chi connectivity index (χ0n) is 25.0. The summed E-state index contributed by atoms with van der Waals surface area (Å²) in [5.74, 6) is 2.66. The van der Waals surface area contributed by atoms with Crippen LogP contribution in [0.25, 0.3) is 0 Å². The fourth-order valence-corrected chi connectivity index (χ4v) is 4.98. The minimum absolute atomic E-state index is 0.643. The molecule has 1 saturated heterocycles. The second-order valence-electron chi connectivity index (χ2n) is 10.1. The zero-order valence-corrected chi connectivity index (χ0v) is 25.0. The van der Waals surface area contributed by atoms with Crippen molar-refractivity contribution in [2.45, 2.75) is 12.8 Å². The molecule has 42 heavy (non-hydrogen) atoms. The van der Waals surface area contributed by atoms with Gasteiger partial charge in [0.15, 0.2) is 0 Å². The first-order valence-corrected chi connectivity index (χ1v) is 13.8. The predicted molar refractivity (Wildman–Crippen MR) is 157 cm³/mol. The normalized spacial score (nSPS) is 14.5. The number of benzene rings is 2. The molecule has 14 heteroatoms. The van der Waals surface area contributed by atoms with Crippen molar-refractivity contribution in [1.29, 1.82) is 0 Å². The van der Waals surface area contributed by atoms with Gasteiger partial charge in [0, 0.05) is 59.9 Å². The van der Waals surface area contributed by atoms with Crippen LogP contribution in [-0.4, -0.2) is 60.0 Å². The number of anilines is 2. The van der Waals surface area contributed by atoms with Crippen LogP contribution < -0.4 is 28.4 Å². The van der Waals surface area contributed by atoms with Gasteiger partial charge in [-0.2, -0.15) is 0 Å².